The minimum atomic E-state index is -0.639. The Morgan fingerprint density at radius 3 is 2.75 bits per heavy atom. The summed E-state index contributed by atoms with van der Waals surface area (Å²) in [5.41, 5.74) is 6.45. The Morgan fingerprint density at radius 1 is 1.62 bits per heavy atom. The molecule has 0 aromatic heterocycles. The van der Waals surface area contributed by atoms with Crippen LogP contribution in [-0.4, -0.2) is 24.5 Å². The number of amides is 1. The van der Waals surface area contributed by atoms with Crippen molar-refractivity contribution < 1.29 is 14.3 Å². The van der Waals surface area contributed by atoms with E-state index in [1.165, 1.54) is 6.92 Å². The van der Waals surface area contributed by atoms with Crippen molar-refractivity contribution in [1.82, 2.24) is 5.32 Å². The molecule has 0 aromatic carbocycles. The zero-order chi connectivity index (χ0) is 12.3. The lowest BCUT2D eigenvalue weighted by Crippen LogP contribution is -2.40. The van der Waals surface area contributed by atoms with Gasteiger partial charge in [-0.15, -0.1) is 0 Å². The normalized spacial score (nSPS) is 20.2. The molecule has 1 aliphatic rings. The molecular formula is C10H13IN2O3. The first-order chi connectivity index (χ1) is 7.41. The Hall–Kier alpha value is -0.890. The van der Waals surface area contributed by atoms with Gasteiger partial charge in [-0.2, -0.15) is 0 Å². The van der Waals surface area contributed by atoms with Gasteiger partial charge in [0.25, 0.3) is 0 Å². The summed E-state index contributed by atoms with van der Waals surface area (Å²) in [4.78, 5) is 22.0. The van der Waals surface area contributed by atoms with Gasteiger partial charge in [0, 0.05) is 9.28 Å². The van der Waals surface area contributed by atoms with Crippen molar-refractivity contribution in [2.24, 2.45) is 5.73 Å². The van der Waals surface area contributed by atoms with Crippen LogP contribution in [0.4, 0.5) is 0 Å². The number of dihydropyridines is 1. The summed E-state index contributed by atoms with van der Waals surface area (Å²) in [6, 6.07) is 0. The van der Waals surface area contributed by atoms with Crippen LogP contribution in [0.1, 0.15) is 13.8 Å². The molecule has 88 valence electrons. The number of rotatable bonds is 4. The fourth-order valence-electron chi connectivity index (χ4n) is 1.20. The second-order valence-electron chi connectivity index (χ2n) is 3.47. The Kier molecular flexibility index (Phi) is 4.48. The Balaban J connectivity index is 2.83. The number of ether oxygens (including phenoxy) is 1. The largest absolute Gasteiger partial charge is 0.366 e. The molecule has 1 amide bonds. The van der Waals surface area contributed by atoms with E-state index in [1.54, 1.807) is 6.08 Å². The molecule has 0 bridgehead atoms. The van der Waals surface area contributed by atoms with Crippen LogP contribution in [0.15, 0.2) is 20.9 Å². The molecule has 0 saturated carbocycles. The van der Waals surface area contributed by atoms with Gasteiger partial charge in [0.15, 0.2) is 12.0 Å². The number of Topliss-reactive ketones (excluding diaryl/α,β-unsaturated/α-hetero) is 1. The van der Waals surface area contributed by atoms with Crippen molar-refractivity contribution in [1.29, 1.82) is 0 Å². The van der Waals surface area contributed by atoms with Crippen LogP contribution in [-0.2, 0) is 14.3 Å². The lowest BCUT2D eigenvalue weighted by molar-refractivity contribution is -0.125. The maximum Gasteiger partial charge on any atom is 0.249 e. The van der Waals surface area contributed by atoms with E-state index in [1.807, 2.05) is 6.92 Å². The van der Waals surface area contributed by atoms with Crippen LogP contribution >= 0.6 is 22.6 Å². The van der Waals surface area contributed by atoms with E-state index in [0.717, 1.165) is 9.28 Å². The van der Waals surface area contributed by atoms with Gasteiger partial charge in [0.1, 0.15) is 6.61 Å². The molecule has 0 saturated heterocycles. The van der Waals surface area contributed by atoms with E-state index in [2.05, 4.69) is 27.9 Å². The van der Waals surface area contributed by atoms with Gasteiger partial charge in [-0.25, -0.2) is 0 Å². The molecule has 6 heteroatoms. The Labute approximate surface area is 107 Å². The highest BCUT2D eigenvalue weighted by Gasteiger charge is 2.24. The molecule has 1 aliphatic heterocycles. The number of nitrogens with one attached hydrogen (secondary N) is 1. The summed E-state index contributed by atoms with van der Waals surface area (Å²) >= 11 is 2.09. The number of ketones is 1. The summed E-state index contributed by atoms with van der Waals surface area (Å²) < 4.78 is 6.17. The third-order valence-corrected chi connectivity index (χ3v) is 3.13. The molecule has 1 heterocycles. The molecule has 16 heavy (non-hydrogen) atoms. The van der Waals surface area contributed by atoms with Gasteiger partial charge in [-0.1, -0.05) is 0 Å². The predicted octanol–water partition coefficient (Wildman–Crippen LogP) is 0.600. The van der Waals surface area contributed by atoms with Gasteiger partial charge in [0.2, 0.25) is 5.91 Å². The zero-order valence-electron chi connectivity index (χ0n) is 9.04. The van der Waals surface area contributed by atoms with E-state index in [9.17, 15) is 9.59 Å². The molecule has 5 nitrogen and oxygen atoms in total. The quantitative estimate of drug-likeness (QED) is 0.737. The first kappa shape index (κ1) is 13.2. The van der Waals surface area contributed by atoms with Crippen LogP contribution < -0.4 is 11.1 Å². The number of carbonyl (C=O) groups excluding carboxylic acids is 2. The van der Waals surface area contributed by atoms with Crippen LogP contribution in [0.2, 0.25) is 0 Å². The summed E-state index contributed by atoms with van der Waals surface area (Å²) in [6.07, 6.45) is 1.03. The van der Waals surface area contributed by atoms with Gasteiger partial charge in [-0.3, -0.25) is 9.59 Å². The Morgan fingerprint density at radius 2 is 2.25 bits per heavy atom. The van der Waals surface area contributed by atoms with Gasteiger partial charge >= 0.3 is 0 Å². The smallest absolute Gasteiger partial charge is 0.249 e. The van der Waals surface area contributed by atoms with Crippen molar-refractivity contribution in [2.75, 3.05) is 6.61 Å². The number of hydrogen-bond donors (Lipinski definition) is 2. The molecule has 0 radical (unpaired) electrons. The maximum absolute atomic E-state index is 11.2. The van der Waals surface area contributed by atoms with Crippen molar-refractivity contribution >= 4 is 34.3 Å². The molecule has 0 aromatic rings. The molecular weight excluding hydrogens is 323 g/mol. The molecule has 0 spiro atoms. The number of primary amides is 1. The van der Waals surface area contributed by atoms with Crippen LogP contribution in [0.25, 0.3) is 0 Å². The fraction of sp³-hybridized carbons (Fsp3) is 0.400. The van der Waals surface area contributed by atoms with E-state index in [4.69, 9.17) is 10.5 Å². The number of nitrogens with two attached hydrogens (primary N) is 1. The van der Waals surface area contributed by atoms with Crippen LogP contribution in [0.5, 0.6) is 0 Å². The minimum absolute atomic E-state index is 0.0495. The highest BCUT2D eigenvalue weighted by atomic mass is 127. The van der Waals surface area contributed by atoms with E-state index < -0.39 is 12.1 Å². The molecule has 1 atom stereocenters. The highest BCUT2D eigenvalue weighted by molar-refractivity contribution is 14.1. The summed E-state index contributed by atoms with van der Waals surface area (Å²) in [6.45, 7) is 3.23. The number of carbonyl (C=O) groups is 2. The standard InChI is InChI=1S/C10H13IN2O3/c1-5(14)4-16-10-7(9(12)15)3-8(11)6(2)13-10/h3,10,13H,4H2,1-2H3,(H2,12,15)/t10-/m0/s1. The molecule has 0 aliphatic carbocycles. The van der Waals surface area contributed by atoms with Crippen molar-refractivity contribution in [3.05, 3.63) is 20.9 Å². The second kappa shape index (κ2) is 5.44. The summed E-state index contributed by atoms with van der Waals surface area (Å²) in [5, 5.41) is 2.98. The average Bonchev–Trinajstić information content (AvgIpc) is 2.18. The van der Waals surface area contributed by atoms with Gasteiger partial charge in [0.05, 0.1) is 5.57 Å². The summed E-state index contributed by atoms with van der Waals surface area (Å²) in [7, 11) is 0. The van der Waals surface area contributed by atoms with Crippen molar-refractivity contribution in [3.63, 3.8) is 0 Å². The van der Waals surface area contributed by atoms with E-state index in [-0.39, 0.29) is 12.4 Å². The Bertz CT molecular complexity index is 388. The number of allylic oxidation sites excluding steroid dienone is 3. The SMILES string of the molecule is CC(=O)CO[C@@H]1NC(C)=C(I)C=C1C(N)=O. The topological polar surface area (TPSA) is 81.4 Å². The predicted molar refractivity (Wildman–Crippen MR) is 67.6 cm³/mol. The zero-order valence-corrected chi connectivity index (χ0v) is 11.2. The maximum atomic E-state index is 11.2. The lowest BCUT2D eigenvalue weighted by Gasteiger charge is -2.25. The highest BCUT2D eigenvalue weighted by Crippen LogP contribution is 2.22. The first-order valence-electron chi connectivity index (χ1n) is 4.67. The molecule has 3 N–H and O–H groups in total. The number of halogens is 1. The summed E-state index contributed by atoms with van der Waals surface area (Å²) in [5.74, 6) is -0.657. The van der Waals surface area contributed by atoms with Crippen LogP contribution in [0.3, 0.4) is 0 Å². The third kappa shape index (κ3) is 3.31. The molecule has 0 fully saturated rings. The average molecular weight is 336 g/mol. The molecule has 0 unspecified atom stereocenters. The fourth-order valence-corrected chi connectivity index (χ4v) is 1.69. The first-order valence-corrected chi connectivity index (χ1v) is 5.75. The monoisotopic (exact) mass is 336 g/mol. The van der Waals surface area contributed by atoms with E-state index in [0.29, 0.717) is 5.57 Å². The lowest BCUT2D eigenvalue weighted by atomic mass is 10.1. The van der Waals surface area contributed by atoms with Crippen LogP contribution in [0, 0.1) is 0 Å². The van der Waals surface area contributed by atoms with Crippen molar-refractivity contribution in [2.45, 2.75) is 20.1 Å². The van der Waals surface area contributed by atoms with Gasteiger partial charge < -0.3 is 15.8 Å². The minimum Gasteiger partial charge on any atom is -0.366 e. The molecule has 1 rings (SSSR count). The third-order valence-electron chi connectivity index (χ3n) is 2.01. The number of hydrogen-bond acceptors (Lipinski definition) is 4. The van der Waals surface area contributed by atoms with Gasteiger partial charge in [-0.05, 0) is 42.5 Å². The second-order valence-corrected chi connectivity index (χ2v) is 4.64. The van der Waals surface area contributed by atoms with Crippen molar-refractivity contribution in [3.8, 4) is 0 Å². The van der Waals surface area contributed by atoms with E-state index >= 15 is 0 Å².